The second-order valence-electron chi connectivity index (χ2n) is 15.3. The van der Waals surface area contributed by atoms with Gasteiger partial charge in [-0.15, -0.1) is 0 Å². The van der Waals surface area contributed by atoms with Crippen molar-refractivity contribution in [3.8, 4) is 0 Å². The molecule has 2 heterocycles. The molecule has 7 N–H and O–H groups in total. The first-order chi connectivity index (χ1) is 25.5. The van der Waals surface area contributed by atoms with Gasteiger partial charge in [-0.1, -0.05) is 71.4 Å². The Bertz CT molecular complexity index is 1320. The molecule has 14 atom stereocenters. The lowest BCUT2D eigenvalue weighted by atomic mass is 9.89. The van der Waals surface area contributed by atoms with E-state index >= 15 is 0 Å². The van der Waals surface area contributed by atoms with E-state index in [0.717, 1.165) is 12.8 Å². The topological polar surface area (TPSA) is 214 Å². The van der Waals surface area contributed by atoms with Crippen molar-refractivity contribution < 1.29 is 53.8 Å². The van der Waals surface area contributed by atoms with E-state index in [-0.39, 0.29) is 36.0 Å². The van der Waals surface area contributed by atoms with Crippen LogP contribution in [0, 0.1) is 17.8 Å². The van der Waals surface area contributed by atoms with Crippen molar-refractivity contribution in [2.75, 3.05) is 34.4 Å². The summed E-state index contributed by atoms with van der Waals surface area (Å²) in [5.74, 6) is -1.48. The lowest BCUT2D eigenvalue weighted by Crippen LogP contribution is -2.59. The van der Waals surface area contributed by atoms with Crippen molar-refractivity contribution in [3.05, 3.63) is 35.9 Å². The third-order valence-corrected chi connectivity index (χ3v) is 11.3. The summed E-state index contributed by atoms with van der Waals surface area (Å²) >= 11 is 0. The number of amides is 3. The third kappa shape index (κ3) is 10.8. The van der Waals surface area contributed by atoms with Crippen LogP contribution >= 0.6 is 0 Å². The minimum atomic E-state index is -1.63. The summed E-state index contributed by atoms with van der Waals surface area (Å²) in [5, 5.41) is 44.0. The highest BCUT2D eigenvalue weighted by Crippen LogP contribution is 2.32. The number of nitrogens with one attached hydrogen (secondary N) is 1. The van der Waals surface area contributed by atoms with E-state index in [1.54, 1.807) is 62.1 Å². The number of likely N-dealkylation sites (N-methyl/N-ethyl adjacent to an activating group) is 1. The number of hydrogen-bond donors (Lipinski definition) is 6. The van der Waals surface area contributed by atoms with Crippen molar-refractivity contribution >= 4 is 17.7 Å². The maximum atomic E-state index is 14.1. The smallest absolute Gasteiger partial charge is 0.239 e. The summed E-state index contributed by atoms with van der Waals surface area (Å²) in [6.45, 7) is 11.2. The van der Waals surface area contributed by atoms with Crippen LogP contribution in [0.3, 0.4) is 0 Å². The summed E-state index contributed by atoms with van der Waals surface area (Å²) < 4.78 is 23.7. The lowest BCUT2D eigenvalue weighted by Gasteiger charge is -2.42. The molecule has 0 spiro atoms. The number of methoxy groups -OCH3 is 2. The number of carbonyl (C=O) groups is 3. The van der Waals surface area contributed by atoms with Gasteiger partial charge >= 0.3 is 0 Å². The highest BCUT2D eigenvalue weighted by atomic mass is 16.7. The highest BCUT2D eigenvalue weighted by molar-refractivity contribution is 5.83. The molecule has 2 fully saturated rings. The van der Waals surface area contributed by atoms with Gasteiger partial charge in [-0.3, -0.25) is 14.4 Å². The van der Waals surface area contributed by atoms with E-state index in [4.69, 9.17) is 24.7 Å². The molecule has 15 heteroatoms. The van der Waals surface area contributed by atoms with Crippen LogP contribution in [0.5, 0.6) is 0 Å². The minimum Gasteiger partial charge on any atom is -0.394 e. The Hall–Kier alpha value is -2.73. The molecule has 15 nitrogen and oxygen atoms in total. The molecule has 2 saturated heterocycles. The van der Waals surface area contributed by atoms with Crippen LogP contribution in [-0.4, -0.2) is 149 Å². The zero-order chi connectivity index (χ0) is 40.4. The Labute approximate surface area is 320 Å². The molecule has 0 radical (unpaired) electrons. The fourth-order valence-corrected chi connectivity index (χ4v) is 7.71. The molecule has 54 heavy (non-hydrogen) atoms. The summed E-state index contributed by atoms with van der Waals surface area (Å²) in [4.78, 5) is 44.7. The largest absolute Gasteiger partial charge is 0.394 e. The number of nitrogens with zero attached hydrogens (tertiary/aromatic N) is 2. The fraction of sp³-hybridized carbons (Fsp3) is 0.769. The van der Waals surface area contributed by atoms with Gasteiger partial charge in [0.25, 0.3) is 0 Å². The van der Waals surface area contributed by atoms with Crippen LogP contribution in [0.2, 0.25) is 0 Å². The SMILES string of the molecule is CCC(C)C(C(CC(=O)N1CCCC1C(OC)C(C)C(=O)NC(C)C(OC1OC(CO)C(O)C(O)C1O)c1ccccc1)OC)N(C)C(=O)C(N)C(C)C. The molecule has 14 unspecified atom stereocenters. The van der Waals surface area contributed by atoms with E-state index in [9.17, 15) is 34.8 Å². The Balaban J connectivity index is 1.78. The first-order valence-corrected chi connectivity index (χ1v) is 19.2. The highest BCUT2D eigenvalue weighted by Gasteiger charge is 2.46. The predicted molar refractivity (Wildman–Crippen MR) is 201 cm³/mol. The average molecular weight is 767 g/mol. The van der Waals surface area contributed by atoms with E-state index in [2.05, 4.69) is 5.32 Å². The lowest BCUT2D eigenvalue weighted by molar-refractivity contribution is -0.314. The minimum absolute atomic E-state index is 0.0206. The summed E-state index contributed by atoms with van der Waals surface area (Å²) in [6, 6.07) is 6.79. The van der Waals surface area contributed by atoms with Crippen LogP contribution in [0.25, 0.3) is 0 Å². The zero-order valence-corrected chi connectivity index (χ0v) is 33.4. The van der Waals surface area contributed by atoms with Crippen molar-refractivity contribution in [1.82, 2.24) is 15.1 Å². The number of ether oxygens (including phenoxy) is 4. The molecule has 1 aromatic rings. The molecule has 2 aliphatic rings. The molecule has 3 amide bonds. The Kier molecular flexibility index (Phi) is 17.7. The number of carbonyl (C=O) groups excluding carboxylic acids is 3. The van der Waals surface area contributed by atoms with E-state index in [1.165, 1.54) is 7.11 Å². The van der Waals surface area contributed by atoms with Gasteiger partial charge in [-0.05, 0) is 37.2 Å². The maximum absolute atomic E-state index is 14.1. The second kappa shape index (κ2) is 21.0. The van der Waals surface area contributed by atoms with Gasteiger partial charge in [0.05, 0.1) is 55.3 Å². The molecule has 1 aromatic carbocycles. The Morgan fingerprint density at radius 2 is 1.67 bits per heavy atom. The van der Waals surface area contributed by atoms with Crippen LogP contribution in [0.1, 0.15) is 78.9 Å². The predicted octanol–water partition coefficient (Wildman–Crippen LogP) is 0.953. The summed E-state index contributed by atoms with van der Waals surface area (Å²) in [7, 11) is 4.78. The molecule has 2 aliphatic heterocycles. The van der Waals surface area contributed by atoms with E-state index in [1.807, 2.05) is 33.8 Å². The fourth-order valence-electron chi connectivity index (χ4n) is 7.71. The van der Waals surface area contributed by atoms with Gasteiger partial charge in [0.15, 0.2) is 6.29 Å². The number of benzene rings is 1. The molecule has 3 rings (SSSR count). The maximum Gasteiger partial charge on any atom is 0.239 e. The van der Waals surface area contributed by atoms with Crippen molar-refractivity contribution in [2.45, 2.75) is 140 Å². The molecule has 0 bridgehead atoms. The van der Waals surface area contributed by atoms with Gasteiger partial charge in [0.2, 0.25) is 17.7 Å². The first-order valence-electron chi connectivity index (χ1n) is 19.2. The number of aliphatic hydroxyl groups excluding tert-OH is 4. The van der Waals surface area contributed by atoms with Gasteiger partial charge in [0.1, 0.15) is 30.5 Å². The molecular formula is C39H66N4O11. The van der Waals surface area contributed by atoms with Crippen LogP contribution in [0.4, 0.5) is 0 Å². The van der Waals surface area contributed by atoms with Crippen molar-refractivity contribution in [3.63, 3.8) is 0 Å². The summed E-state index contributed by atoms with van der Waals surface area (Å²) in [5.41, 5.74) is 6.89. The number of rotatable bonds is 19. The van der Waals surface area contributed by atoms with E-state index < -0.39 is 85.7 Å². The third-order valence-electron chi connectivity index (χ3n) is 11.3. The van der Waals surface area contributed by atoms with Crippen molar-refractivity contribution in [1.29, 1.82) is 0 Å². The Morgan fingerprint density at radius 3 is 2.22 bits per heavy atom. The molecule has 0 aliphatic carbocycles. The van der Waals surface area contributed by atoms with Crippen molar-refractivity contribution in [2.24, 2.45) is 23.5 Å². The normalized spacial score (nSPS) is 27.7. The number of aliphatic hydroxyl groups is 4. The molecular weight excluding hydrogens is 700 g/mol. The van der Waals surface area contributed by atoms with Gasteiger partial charge in [0, 0.05) is 27.8 Å². The number of nitrogens with two attached hydrogens (primary N) is 1. The van der Waals surface area contributed by atoms with Gasteiger partial charge < -0.3 is 60.2 Å². The summed E-state index contributed by atoms with van der Waals surface area (Å²) in [6.07, 6.45) is -7.40. The quantitative estimate of drug-likeness (QED) is 0.116. The second-order valence-corrected chi connectivity index (χ2v) is 15.3. The first kappa shape index (κ1) is 45.7. The van der Waals surface area contributed by atoms with Gasteiger partial charge in [-0.2, -0.15) is 0 Å². The monoisotopic (exact) mass is 766 g/mol. The number of likely N-dealkylation sites (tertiary alicyclic amines) is 1. The zero-order valence-electron chi connectivity index (χ0n) is 33.4. The van der Waals surface area contributed by atoms with Crippen LogP contribution in [0.15, 0.2) is 30.3 Å². The molecule has 308 valence electrons. The molecule has 0 saturated carbocycles. The standard InChI is InChI=1S/C39H66N4O11/c1-10-22(4)31(42(7)38(50)30(40)21(2)3)27(51-8)19-29(45)43-18-14-17-26(43)35(52-9)23(5)37(49)41-24(6)36(25-15-12-11-13-16-25)54-39-34(48)33(47)32(46)28(20-44)53-39/h11-13,15-16,21-24,26-28,30-36,39,44,46-48H,10,14,17-20,40H2,1-9H3,(H,41,49). The van der Waals surface area contributed by atoms with E-state index in [0.29, 0.717) is 18.5 Å². The van der Waals surface area contributed by atoms with Crippen LogP contribution in [-0.2, 0) is 33.3 Å². The van der Waals surface area contributed by atoms with Gasteiger partial charge in [-0.25, -0.2) is 0 Å². The molecule has 0 aromatic heterocycles. The number of hydrogen-bond acceptors (Lipinski definition) is 12. The average Bonchev–Trinajstić information content (AvgIpc) is 3.65. The Morgan fingerprint density at radius 1 is 1.02 bits per heavy atom. The van der Waals surface area contributed by atoms with Crippen LogP contribution < -0.4 is 11.1 Å².